The summed E-state index contributed by atoms with van der Waals surface area (Å²) in [6.07, 6.45) is 7.75. The van der Waals surface area contributed by atoms with E-state index >= 15 is 0 Å². The van der Waals surface area contributed by atoms with Gasteiger partial charge >= 0.3 is 0 Å². The largest absolute Gasteiger partial charge is 0.273 e. The predicted molar refractivity (Wildman–Crippen MR) is 63.1 cm³/mol. The molecule has 2 nitrogen and oxygen atoms in total. The minimum atomic E-state index is 0.385. The van der Waals surface area contributed by atoms with Crippen LogP contribution < -0.4 is 0 Å². The summed E-state index contributed by atoms with van der Waals surface area (Å²) in [4.78, 5) is 0. The third-order valence-electron chi connectivity index (χ3n) is 3.64. The molecule has 1 heterocycles. The van der Waals surface area contributed by atoms with Crippen molar-refractivity contribution < 1.29 is 0 Å². The second kappa shape index (κ2) is 4.56. The third kappa shape index (κ3) is 2.36. The van der Waals surface area contributed by atoms with Crippen LogP contribution >= 0.6 is 11.6 Å². The lowest BCUT2D eigenvalue weighted by Crippen LogP contribution is -2.12. The Morgan fingerprint density at radius 1 is 1.53 bits per heavy atom. The van der Waals surface area contributed by atoms with E-state index in [0.717, 1.165) is 18.9 Å². The zero-order chi connectivity index (χ0) is 10.8. The zero-order valence-corrected chi connectivity index (χ0v) is 10.2. The Labute approximate surface area is 96.6 Å². The van der Waals surface area contributed by atoms with Crippen molar-refractivity contribution in [2.45, 2.75) is 45.0 Å². The summed E-state index contributed by atoms with van der Waals surface area (Å²) in [5.41, 5.74) is 1.36. The van der Waals surface area contributed by atoms with Gasteiger partial charge in [-0.15, -0.1) is 11.6 Å². The van der Waals surface area contributed by atoms with Crippen molar-refractivity contribution in [2.75, 3.05) is 0 Å². The molecule has 0 bridgehead atoms. The second-order valence-electron chi connectivity index (χ2n) is 4.62. The van der Waals surface area contributed by atoms with Crippen LogP contribution in [0.3, 0.4) is 0 Å². The van der Waals surface area contributed by atoms with Crippen LogP contribution in [0.1, 0.15) is 32.3 Å². The molecule has 1 aromatic heterocycles. The average molecular weight is 227 g/mol. The molecule has 1 aliphatic carbocycles. The maximum Gasteiger partial charge on any atom is 0.0521 e. The molecule has 1 aromatic rings. The fraction of sp³-hybridized carbons (Fsp3) is 0.750. The Morgan fingerprint density at radius 2 is 2.33 bits per heavy atom. The Hall–Kier alpha value is -0.500. The molecule has 0 N–H and O–H groups in total. The Morgan fingerprint density at radius 3 is 2.87 bits per heavy atom. The van der Waals surface area contributed by atoms with Crippen LogP contribution in [0.2, 0.25) is 0 Å². The molecule has 1 fully saturated rings. The SMILES string of the molecule is CCn1cc(CC2CCC(Cl)C2C)cn1. The molecule has 3 unspecified atom stereocenters. The van der Waals surface area contributed by atoms with E-state index < -0.39 is 0 Å². The maximum atomic E-state index is 6.24. The maximum absolute atomic E-state index is 6.24. The highest BCUT2D eigenvalue weighted by Crippen LogP contribution is 2.37. The average Bonchev–Trinajstić information content (AvgIpc) is 2.80. The van der Waals surface area contributed by atoms with Gasteiger partial charge in [-0.2, -0.15) is 5.10 Å². The van der Waals surface area contributed by atoms with E-state index in [1.807, 2.05) is 10.9 Å². The first-order valence-corrected chi connectivity index (χ1v) is 6.29. The first-order valence-electron chi connectivity index (χ1n) is 5.86. The summed E-state index contributed by atoms with van der Waals surface area (Å²) in [7, 11) is 0. The second-order valence-corrected chi connectivity index (χ2v) is 5.18. The normalized spacial score (nSPS) is 31.0. The fourth-order valence-electron chi connectivity index (χ4n) is 2.47. The quantitative estimate of drug-likeness (QED) is 0.725. The van der Waals surface area contributed by atoms with Gasteiger partial charge in [0.1, 0.15) is 0 Å². The number of halogens is 1. The molecule has 0 aromatic carbocycles. The molecule has 84 valence electrons. The van der Waals surface area contributed by atoms with Gasteiger partial charge in [0.15, 0.2) is 0 Å². The summed E-state index contributed by atoms with van der Waals surface area (Å²) >= 11 is 6.24. The van der Waals surface area contributed by atoms with Gasteiger partial charge in [0.25, 0.3) is 0 Å². The van der Waals surface area contributed by atoms with E-state index in [1.165, 1.54) is 18.4 Å². The minimum Gasteiger partial charge on any atom is -0.273 e. The summed E-state index contributed by atoms with van der Waals surface area (Å²) in [5.74, 6) is 1.40. The Balaban J connectivity index is 1.97. The summed E-state index contributed by atoms with van der Waals surface area (Å²) in [6.45, 7) is 5.35. The van der Waals surface area contributed by atoms with Crippen molar-refractivity contribution in [1.82, 2.24) is 9.78 Å². The van der Waals surface area contributed by atoms with E-state index in [9.17, 15) is 0 Å². The highest BCUT2D eigenvalue weighted by Gasteiger charge is 2.31. The first kappa shape index (κ1) is 11.0. The predicted octanol–water partition coefficient (Wildman–Crippen LogP) is 3.10. The molecule has 15 heavy (non-hydrogen) atoms. The van der Waals surface area contributed by atoms with Crippen molar-refractivity contribution in [3.63, 3.8) is 0 Å². The molecule has 1 saturated carbocycles. The third-order valence-corrected chi connectivity index (χ3v) is 4.25. The van der Waals surface area contributed by atoms with E-state index in [4.69, 9.17) is 11.6 Å². The number of rotatable bonds is 3. The first-order chi connectivity index (χ1) is 7.20. The van der Waals surface area contributed by atoms with Crippen LogP contribution in [0.5, 0.6) is 0 Å². The highest BCUT2D eigenvalue weighted by atomic mass is 35.5. The van der Waals surface area contributed by atoms with E-state index in [-0.39, 0.29) is 0 Å². The van der Waals surface area contributed by atoms with Crippen molar-refractivity contribution >= 4 is 11.6 Å². The van der Waals surface area contributed by atoms with E-state index in [1.54, 1.807) is 0 Å². The lowest BCUT2D eigenvalue weighted by molar-refractivity contribution is 0.419. The van der Waals surface area contributed by atoms with Crippen LogP contribution in [-0.4, -0.2) is 15.2 Å². The lowest BCUT2D eigenvalue weighted by atomic mass is 9.92. The number of nitrogens with zero attached hydrogens (tertiary/aromatic N) is 2. The molecule has 0 saturated heterocycles. The zero-order valence-electron chi connectivity index (χ0n) is 9.49. The number of aryl methyl sites for hydroxylation is 1. The minimum absolute atomic E-state index is 0.385. The van der Waals surface area contributed by atoms with Crippen molar-refractivity contribution in [2.24, 2.45) is 11.8 Å². The van der Waals surface area contributed by atoms with Gasteiger partial charge in [0.2, 0.25) is 0 Å². The molecule has 0 aliphatic heterocycles. The van der Waals surface area contributed by atoms with Gasteiger partial charge in [0, 0.05) is 18.1 Å². The summed E-state index contributed by atoms with van der Waals surface area (Å²) in [5, 5.41) is 4.69. The molecule has 1 aliphatic rings. The van der Waals surface area contributed by atoms with E-state index in [0.29, 0.717) is 11.3 Å². The van der Waals surface area contributed by atoms with Gasteiger partial charge in [-0.1, -0.05) is 6.92 Å². The van der Waals surface area contributed by atoms with Gasteiger partial charge < -0.3 is 0 Å². The monoisotopic (exact) mass is 226 g/mol. The highest BCUT2D eigenvalue weighted by molar-refractivity contribution is 6.20. The molecule has 3 heteroatoms. The van der Waals surface area contributed by atoms with Gasteiger partial charge in [-0.25, -0.2) is 0 Å². The van der Waals surface area contributed by atoms with Crippen molar-refractivity contribution in [1.29, 1.82) is 0 Å². The Kier molecular flexibility index (Phi) is 3.35. The summed E-state index contributed by atoms with van der Waals surface area (Å²) < 4.78 is 1.99. The van der Waals surface area contributed by atoms with Crippen molar-refractivity contribution in [3.8, 4) is 0 Å². The standard InChI is InChI=1S/C12H19ClN2/c1-3-15-8-10(7-14-15)6-11-4-5-12(13)9(11)2/h7-9,11-12H,3-6H2,1-2H3. The summed E-state index contributed by atoms with van der Waals surface area (Å²) in [6, 6.07) is 0. The lowest BCUT2D eigenvalue weighted by Gasteiger charge is -2.15. The number of aromatic nitrogens is 2. The van der Waals surface area contributed by atoms with Crippen LogP contribution in [0, 0.1) is 11.8 Å². The molecular formula is C12H19ClN2. The molecule has 0 spiro atoms. The number of hydrogen-bond donors (Lipinski definition) is 0. The van der Waals surface area contributed by atoms with E-state index in [2.05, 4.69) is 25.1 Å². The fourth-order valence-corrected chi connectivity index (χ4v) is 2.80. The smallest absolute Gasteiger partial charge is 0.0521 e. The van der Waals surface area contributed by atoms with Gasteiger partial charge in [0.05, 0.1) is 6.20 Å². The van der Waals surface area contributed by atoms with Gasteiger partial charge in [-0.3, -0.25) is 4.68 Å². The van der Waals surface area contributed by atoms with Crippen LogP contribution in [0.25, 0.3) is 0 Å². The molecular weight excluding hydrogens is 208 g/mol. The van der Waals surface area contributed by atoms with Crippen LogP contribution in [0.4, 0.5) is 0 Å². The number of hydrogen-bond acceptors (Lipinski definition) is 1. The van der Waals surface area contributed by atoms with Crippen LogP contribution in [-0.2, 0) is 13.0 Å². The molecule has 3 atom stereocenters. The number of alkyl halides is 1. The van der Waals surface area contributed by atoms with Crippen molar-refractivity contribution in [3.05, 3.63) is 18.0 Å². The van der Waals surface area contributed by atoms with Crippen LogP contribution in [0.15, 0.2) is 12.4 Å². The molecule has 2 rings (SSSR count). The van der Waals surface area contributed by atoms with Gasteiger partial charge in [-0.05, 0) is 43.6 Å². The topological polar surface area (TPSA) is 17.8 Å². The molecule has 0 radical (unpaired) electrons. The molecule has 0 amide bonds. The Bertz CT molecular complexity index is 321.